The van der Waals surface area contributed by atoms with E-state index in [4.69, 9.17) is 30.6 Å². The van der Waals surface area contributed by atoms with E-state index in [2.05, 4.69) is 5.32 Å². The number of halogens is 1. The average Bonchev–Trinajstić information content (AvgIpc) is 2.87. The van der Waals surface area contributed by atoms with E-state index in [1.165, 1.54) is 6.07 Å². The molecule has 1 aromatic carbocycles. The van der Waals surface area contributed by atoms with Gasteiger partial charge in [-0.1, -0.05) is 0 Å². The molecule has 1 saturated heterocycles. The molecule has 0 bridgehead atoms. The van der Waals surface area contributed by atoms with Crippen LogP contribution in [-0.4, -0.2) is 124 Å². The van der Waals surface area contributed by atoms with Gasteiger partial charge in [-0.05, 0) is 19.1 Å². The van der Waals surface area contributed by atoms with Gasteiger partial charge in [0.25, 0.3) is 0 Å². The average molecular weight is 518 g/mol. The van der Waals surface area contributed by atoms with Crippen LogP contribution >= 0.6 is 0 Å². The molecule has 1 fully saturated rings. The summed E-state index contributed by atoms with van der Waals surface area (Å²) in [6, 6.07) is 2.89. The van der Waals surface area contributed by atoms with Crippen molar-refractivity contribution in [2.45, 2.75) is 31.3 Å². The number of carbonyl (C=O) groups is 3. The van der Waals surface area contributed by atoms with Gasteiger partial charge < -0.3 is 50.9 Å². The number of carboxylic acid groups (broad SMARTS) is 2. The summed E-state index contributed by atoms with van der Waals surface area (Å²) in [4.78, 5) is 37.5. The maximum atomic E-state index is 14.5. The number of hydrogen-bond donors (Lipinski definition) is 8. The van der Waals surface area contributed by atoms with Gasteiger partial charge in [-0.3, -0.25) is 9.59 Å². The van der Waals surface area contributed by atoms with E-state index in [1.807, 2.05) is 16.7 Å². The van der Waals surface area contributed by atoms with Crippen LogP contribution in [0.4, 0.5) is 15.8 Å². The number of aliphatic carboxylic acids is 2. The third-order valence-corrected chi connectivity index (χ3v) is 6.04. The van der Waals surface area contributed by atoms with E-state index in [0.29, 0.717) is 31.0 Å². The molecule has 1 aromatic rings. The quantitative estimate of drug-likeness (QED) is 0.167. The van der Waals surface area contributed by atoms with E-state index in [-0.39, 0.29) is 12.1 Å². The number of Topliss-reactive ketones (excluding diaryl/α,β-unsaturated/α-hetero) is 1. The predicted octanol–water partition coefficient (Wildman–Crippen LogP) is -2.53. The molecule has 0 aliphatic carbocycles. The fraction of sp³-hybridized carbons (Fsp3) is 0.591. The summed E-state index contributed by atoms with van der Waals surface area (Å²) in [7, 11) is 0. The highest BCUT2D eigenvalue weighted by Gasteiger charge is 2.37. The monoisotopic (exact) mass is 517 g/mol. The first-order valence-corrected chi connectivity index (χ1v) is 11.3. The maximum absolute atomic E-state index is 14.5. The molecule has 0 spiro atoms. The van der Waals surface area contributed by atoms with E-state index < -0.39 is 60.5 Å². The van der Waals surface area contributed by atoms with Gasteiger partial charge in [0.1, 0.15) is 30.0 Å². The lowest BCUT2D eigenvalue weighted by Gasteiger charge is -2.35. The first-order valence-electron chi connectivity index (χ1n) is 11.3. The Kier molecular flexibility index (Phi) is 10.5. The molecule has 2 heterocycles. The third kappa shape index (κ3) is 6.66. The zero-order valence-corrected chi connectivity index (χ0v) is 19.6. The van der Waals surface area contributed by atoms with Gasteiger partial charge in [-0.15, -0.1) is 0 Å². The summed E-state index contributed by atoms with van der Waals surface area (Å²) in [5, 5.41) is 64.3. The van der Waals surface area contributed by atoms with Crippen LogP contribution in [0.1, 0.15) is 17.3 Å². The number of nitrogens with zero attached hydrogens (tertiary/aromatic N) is 2. The second-order valence-corrected chi connectivity index (χ2v) is 8.37. The van der Waals surface area contributed by atoms with Crippen LogP contribution in [0.5, 0.6) is 0 Å². The largest absolute Gasteiger partial charge is 0.481 e. The Balaban J connectivity index is 0.000000302. The summed E-state index contributed by atoms with van der Waals surface area (Å²) < 4.78 is 14.5. The Bertz CT molecular complexity index is 943. The number of piperazine rings is 1. The van der Waals surface area contributed by atoms with E-state index in [0.717, 1.165) is 13.1 Å². The van der Waals surface area contributed by atoms with Gasteiger partial charge in [-0.25, -0.2) is 9.18 Å². The topological polar surface area (TPSA) is 211 Å². The SMILES string of the molecule is CCN1CC(C(=O)O)C(=O)c2cc(F)c(N3CCNCC3)cc21.O=C(O)C(O)C(O)C(O)C(O)CO. The zero-order valence-electron chi connectivity index (χ0n) is 19.6. The number of ketones is 1. The number of carboxylic acids is 2. The Morgan fingerprint density at radius 2 is 1.69 bits per heavy atom. The normalized spacial score (nSPS) is 21.0. The van der Waals surface area contributed by atoms with Gasteiger partial charge >= 0.3 is 11.9 Å². The summed E-state index contributed by atoms with van der Waals surface area (Å²) in [5.74, 6) is -5.00. The predicted molar refractivity (Wildman–Crippen MR) is 124 cm³/mol. The lowest BCUT2D eigenvalue weighted by atomic mass is 9.90. The minimum absolute atomic E-state index is 0.129. The Morgan fingerprint density at radius 1 is 1.08 bits per heavy atom. The van der Waals surface area contributed by atoms with E-state index in [1.54, 1.807) is 6.07 Å². The van der Waals surface area contributed by atoms with Crippen LogP contribution < -0.4 is 15.1 Å². The fourth-order valence-corrected chi connectivity index (χ4v) is 3.91. The lowest BCUT2D eigenvalue weighted by Crippen LogP contribution is -2.48. The van der Waals surface area contributed by atoms with Crippen molar-refractivity contribution in [2.24, 2.45) is 5.92 Å². The molecule has 36 heavy (non-hydrogen) atoms. The molecule has 2 aliphatic rings. The molecular formula is C22H32FN3O10. The van der Waals surface area contributed by atoms with Gasteiger partial charge in [0.15, 0.2) is 11.9 Å². The lowest BCUT2D eigenvalue weighted by molar-refractivity contribution is -0.164. The van der Waals surface area contributed by atoms with Crippen molar-refractivity contribution in [3.63, 3.8) is 0 Å². The van der Waals surface area contributed by atoms with Crippen LogP contribution in [0.3, 0.4) is 0 Å². The Labute approximate surface area is 206 Å². The van der Waals surface area contributed by atoms with Crippen molar-refractivity contribution in [2.75, 3.05) is 55.7 Å². The van der Waals surface area contributed by atoms with Crippen molar-refractivity contribution in [1.82, 2.24) is 5.32 Å². The van der Waals surface area contributed by atoms with Gasteiger partial charge in [0.2, 0.25) is 0 Å². The molecule has 13 nitrogen and oxygen atoms in total. The van der Waals surface area contributed by atoms with Crippen LogP contribution in [0.2, 0.25) is 0 Å². The molecule has 8 N–H and O–H groups in total. The Morgan fingerprint density at radius 3 is 2.19 bits per heavy atom. The first kappa shape index (κ1) is 29.4. The molecule has 0 amide bonds. The number of aliphatic hydroxyl groups is 5. The number of aliphatic hydroxyl groups excluding tert-OH is 5. The van der Waals surface area contributed by atoms with Crippen molar-refractivity contribution in [3.8, 4) is 0 Å². The summed E-state index contributed by atoms with van der Waals surface area (Å²) in [5.41, 5.74) is 1.28. The molecular weight excluding hydrogens is 485 g/mol. The standard InChI is InChI=1S/C16H20FN3O3.C6H12O7/c1-2-19-9-11(16(22)23)15(21)10-7-12(17)14(8-13(10)19)20-5-3-18-4-6-20;7-1-2(8)3(9)4(10)5(11)6(12)13/h7-8,11,18H,2-6,9H2,1H3,(H,22,23);2-5,7-11H,1H2,(H,12,13). The number of hydrogen-bond acceptors (Lipinski definition) is 11. The van der Waals surface area contributed by atoms with E-state index >= 15 is 0 Å². The number of benzene rings is 1. The molecule has 0 saturated carbocycles. The molecule has 3 rings (SSSR count). The second-order valence-electron chi connectivity index (χ2n) is 8.37. The van der Waals surface area contributed by atoms with Gasteiger partial charge in [0.05, 0.1) is 12.3 Å². The molecule has 14 heteroatoms. The molecule has 0 radical (unpaired) electrons. The molecule has 202 valence electrons. The van der Waals surface area contributed by atoms with Crippen molar-refractivity contribution in [1.29, 1.82) is 0 Å². The highest BCUT2D eigenvalue weighted by atomic mass is 19.1. The molecule has 2 aliphatic heterocycles. The van der Waals surface area contributed by atoms with Crippen molar-refractivity contribution < 1.29 is 54.5 Å². The maximum Gasteiger partial charge on any atom is 0.335 e. The first-order chi connectivity index (χ1) is 16.9. The van der Waals surface area contributed by atoms with Crippen LogP contribution in [0.15, 0.2) is 12.1 Å². The minimum Gasteiger partial charge on any atom is -0.481 e. The fourth-order valence-electron chi connectivity index (χ4n) is 3.91. The van der Waals surface area contributed by atoms with Crippen LogP contribution in [0.25, 0.3) is 0 Å². The number of rotatable bonds is 8. The molecule has 5 atom stereocenters. The minimum atomic E-state index is -2.20. The number of carbonyl (C=O) groups excluding carboxylic acids is 1. The number of nitrogens with one attached hydrogen (secondary N) is 1. The Hall–Kier alpha value is -2.88. The summed E-state index contributed by atoms with van der Waals surface area (Å²) in [6.45, 7) is 4.72. The molecule has 5 unspecified atom stereocenters. The van der Waals surface area contributed by atoms with Crippen molar-refractivity contribution in [3.05, 3.63) is 23.5 Å². The molecule has 0 aromatic heterocycles. The second kappa shape index (κ2) is 12.9. The van der Waals surface area contributed by atoms with Crippen molar-refractivity contribution >= 4 is 29.1 Å². The van der Waals surface area contributed by atoms with Crippen LogP contribution in [-0.2, 0) is 9.59 Å². The van der Waals surface area contributed by atoms with Gasteiger partial charge in [0, 0.05) is 50.5 Å². The highest BCUT2D eigenvalue weighted by molar-refractivity contribution is 6.13. The third-order valence-electron chi connectivity index (χ3n) is 6.04. The van der Waals surface area contributed by atoms with Gasteiger partial charge in [-0.2, -0.15) is 0 Å². The smallest absolute Gasteiger partial charge is 0.335 e. The van der Waals surface area contributed by atoms with E-state index in [9.17, 15) is 23.9 Å². The number of fused-ring (bicyclic) bond motifs is 1. The summed E-state index contributed by atoms with van der Waals surface area (Å²) >= 11 is 0. The zero-order chi connectivity index (χ0) is 27.2. The number of anilines is 2. The highest BCUT2D eigenvalue weighted by Crippen LogP contribution is 2.35. The summed E-state index contributed by atoms with van der Waals surface area (Å²) in [6.07, 6.45) is -7.84. The van der Waals surface area contributed by atoms with Crippen LogP contribution in [0, 0.1) is 11.7 Å².